The second-order valence-corrected chi connectivity index (χ2v) is 6.38. The van der Waals surface area contributed by atoms with Crippen molar-refractivity contribution in [1.82, 2.24) is 14.5 Å². The highest BCUT2D eigenvalue weighted by atomic mass is 79.9. The Kier molecular flexibility index (Phi) is 4.10. The van der Waals surface area contributed by atoms with Gasteiger partial charge in [0.05, 0.1) is 0 Å². The third-order valence-electron chi connectivity index (χ3n) is 3.15. The summed E-state index contributed by atoms with van der Waals surface area (Å²) in [4.78, 5) is 8.76. The summed E-state index contributed by atoms with van der Waals surface area (Å²) in [6.07, 6.45) is 2.72. The largest absolute Gasteiger partial charge is 0.385 e. The lowest BCUT2D eigenvalue weighted by Gasteiger charge is -2.25. The van der Waals surface area contributed by atoms with Gasteiger partial charge in [0, 0.05) is 30.9 Å². The number of anilines is 1. The van der Waals surface area contributed by atoms with E-state index in [1.54, 1.807) is 13.3 Å². The molecular formula is C13H19BrN4O. The number of imidazole rings is 1. The first-order valence-electron chi connectivity index (χ1n) is 6.19. The Bertz CT molecular complexity index is 579. The highest BCUT2D eigenvalue weighted by Gasteiger charge is 2.21. The number of nitrogens with zero attached hydrogens (tertiary/aromatic N) is 3. The molecule has 2 heterocycles. The Morgan fingerprint density at radius 1 is 1.47 bits per heavy atom. The molecule has 2 N–H and O–H groups in total. The predicted octanol–water partition coefficient (Wildman–Crippen LogP) is 2.84. The summed E-state index contributed by atoms with van der Waals surface area (Å²) < 4.78 is 8.03. The van der Waals surface area contributed by atoms with E-state index in [1.165, 1.54) is 0 Å². The smallest absolute Gasteiger partial charge is 0.202 e. The Balaban J connectivity index is 2.32. The van der Waals surface area contributed by atoms with Crippen LogP contribution in [-0.2, 0) is 11.3 Å². The fourth-order valence-corrected chi connectivity index (χ4v) is 2.36. The normalized spacial score (nSPS) is 12.2. The molecule has 104 valence electrons. The van der Waals surface area contributed by atoms with Crippen LogP contribution >= 0.6 is 15.9 Å². The lowest BCUT2D eigenvalue weighted by molar-refractivity contribution is 0.143. The lowest BCUT2D eigenvalue weighted by atomic mass is 9.89. The van der Waals surface area contributed by atoms with E-state index in [4.69, 9.17) is 10.5 Å². The highest BCUT2D eigenvalue weighted by molar-refractivity contribution is 9.10. The first-order chi connectivity index (χ1) is 8.93. The fraction of sp³-hybridized carbons (Fsp3) is 0.538. The number of nitrogens with two attached hydrogens (primary N) is 1. The minimum atomic E-state index is 0.0759. The molecule has 0 atom stereocenters. The number of halogens is 1. The number of pyridine rings is 1. The van der Waals surface area contributed by atoms with Crippen molar-refractivity contribution in [2.24, 2.45) is 5.41 Å². The highest BCUT2D eigenvalue weighted by Crippen LogP contribution is 2.27. The molecular weight excluding hydrogens is 308 g/mol. The van der Waals surface area contributed by atoms with Crippen LogP contribution in [-0.4, -0.2) is 28.3 Å². The quantitative estimate of drug-likeness (QED) is 0.917. The van der Waals surface area contributed by atoms with Gasteiger partial charge < -0.3 is 10.5 Å². The standard InChI is InChI=1S/C13H19BrN4O/c1-13(2,4-5-19-3)8-18-11-10(17-12(18)15)6-9(14)7-16-11/h6-7H,4-5,8H2,1-3H3,(H2,15,17). The van der Waals surface area contributed by atoms with Crippen LogP contribution in [0.1, 0.15) is 20.3 Å². The summed E-state index contributed by atoms with van der Waals surface area (Å²) in [5, 5.41) is 0. The Labute approximate surface area is 121 Å². The molecule has 2 aromatic heterocycles. The van der Waals surface area contributed by atoms with Gasteiger partial charge in [-0.15, -0.1) is 0 Å². The van der Waals surface area contributed by atoms with Crippen LogP contribution < -0.4 is 5.73 Å². The van der Waals surface area contributed by atoms with Crippen LogP contribution in [0.25, 0.3) is 11.2 Å². The van der Waals surface area contributed by atoms with Gasteiger partial charge in [0.15, 0.2) is 5.65 Å². The minimum absolute atomic E-state index is 0.0759. The molecule has 2 aromatic rings. The minimum Gasteiger partial charge on any atom is -0.385 e. The first-order valence-corrected chi connectivity index (χ1v) is 6.98. The number of rotatable bonds is 5. The molecule has 0 aliphatic rings. The van der Waals surface area contributed by atoms with Crippen LogP contribution in [0.5, 0.6) is 0 Å². The monoisotopic (exact) mass is 326 g/mol. The zero-order chi connectivity index (χ0) is 14.0. The molecule has 2 rings (SSSR count). The SMILES string of the molecule is COCCC(C)(C)Cn1c(N)nc2cc(Br)cnc21. The van der Waals surface area contributed by atoms with Gasteiger partial charge in [-0.25, -0.2) is 9.97 Å². The molecule has 0 saturated carbocycles. The lowest BCUT2D eigenvalue weighted by Crippen LogP contribution is -2.22. The van der Waals surface area contributed by atoms with Crippen molar-refractivity contribution in [1.29, 1.82) is 0 Å². The van der Waals surface area contributed by atoms with E-state index in [0.29, 0.717) is 5.95 Å². The molecule has 0 spiro atoms. The number of hydrogen-bond acceptors (Lipinski definition) is 4. The molecule has 0 fully saturated rings. The topological polar surface area (TPSA) is 66.0 Å². The van der Waals surface area contributed by atoms with E-state index in [-0.39, 0.29) is 5.41 Å². The van der Waals surface area contributed by atoms with Crippen molar-refractivity contribution >= 4 is 33.0 Å². The summed E-state index contributed by atoms with van der Waals surface area (Å²) >= 11 is 3.39. The van der Waals surface area contributed by atoms with Crippen LogP contribution in [0, 0.1) is 5.41 Å². The van der Waals surface area contributed by atoms with Gasteiger partial charge in [-0.3, -0.25) is 4.57 Å². The summed E-state index contributed by atoms with van der Waals surface area (Å²) in [6.45, 7) is 5.89. The number of hydrogen-bond donors (Lipinski definition) is 1. The van der Waals surface area contributed by atoms with Crippen LogP contribution in [0.3, 0.4) is 0 Å². The zero-order valence-electron chi connectivity index (χ0n) is 11.5. The van der Waals surface area contributed by atoms with Crippen LogP contribution in [0.4, 0.5) is 5.95 Å². The van der Waals surface area contributed by atoms with E-state index in [9.17, 15) is 0 Å². The number of aromatic nitrogens is 3. The molecule has 0 unspecified atom stereocenters. The van der Waals surface area contributed by atoms with Crippen molar-refractivity contribution in [3.8, 4) is 0 Å². The maximum absolute atomic E-state index is 6.00. The van der Waals surface area contributed by atoms with E-state index in [0.717, 1.165) is 35.2 Å². The summed E-state index contributed by atoms with van der Waals surface area (Å²) in [6, 6.07) is 1.93. The van der Waals surface area contributed by atoms with E-state index in [2.05, 4.69) is 39.7 Å². The summed E-state index contributed by atoms with van der Waals surface area (Å²) in [5.41, 5.74) is 7.72. The van der Waals surface area contributed by atoms with E-state index in [1.807, 2.05) is 10.6 Å². The molecule has 19 heavy (non-hydrogen) atoms. The molecule has 6 heteroatoms. The molecule has 0 radical (unpaired) electrons. The van der Waals surface area contributed by atoms with Crippen molar-refractivity contribution in [2.75, 3.05) is 19.5 Å². The van der Waals surface area contributed by atoms with E-state index >= 15 is 0 Å². The van der Waals surface area contributed by atoms with Gasteiger partial charge in [0.1, 0.15) is 5.52 Å². The van der Waals surface area contributed by atoms with Crippen LogP contribution in [0.15, 0.2) is 16.7 Å². The van der Waals surface area contributed by atoms with Gasteiger partial charge in [0.25, 0.3) is 0 Å². The van der Waals surface area contributed by atoms with Gasteiger partial charge >= 0.3 is 0 Å². The maximum atomic E-state index is 6.00. The van der Waals surface area contributed by atoms with Crippen molar-refractivity contribution in [2.45, 2.75) is 26.8 Å². The molecule has 0 amide bonds. The molecule has 5 nitrogen and oxygen atoms in total. The summed E-state index contributed by atoms with van der Waals surface area (Å²) in [7, 11) is 1.72. The number of ether oxygens (including phenoxy) is 1. The zero-order valence-corrected chi connectivity index (χ0v) is 13.1. The van der Waals surface area contributed by atoms with Crippen LogP contribution in [0.2, 0.25) is 0 Å². The Morgan fingerprint density at radius 2 is 2.21 bits per heavy atom. The predicted molar refractivity (Wildman–Crippen MR) is 79.9 cm³/mol. The van der Waals surface area contributed by atoms with Gasteiger partial charge in [-0.05, 0) is 33.8 Å². The van der Waals surface area contributed by atoms with Crippen molar-refractivity contribution in [3.05, 3.63) is 16.7 Å². The third-order valence-corrected chi connectivity index (χ3v) is 3.58. The van der Waals surface area contributed by atoms with Gasteiger partial charge in [-0.1, -0.05) is 13.8 Å². The molecule has 0 bridgehead atoms. The van der Waals surface area contributed by atoms with Crippen molar-refractivity contribution in [3.63, 3.8) is 0 Å². The molecule has 0 aliphatic carbocycles. The van der Waals surface area contributed by atoms with Gasteiger partial charge in [-0.2, -0.15) is 0 Å². The number of fused-ring (bicyclic) bond motifs is 1. The first kappa shape index (κ1) is 14.3. The Hall–Kier alpha value is -1.14. The average molecular weight is 327 g/mol. The maximum Gasteiger partial charge on any atom is 0.202 e. The molecule has 0 saturated heterocycles. The molecule has 0 aromatic carbocycles. The fourth-order valence-electron chi connectivity index (χ4n) is 2.05. The molecule has 0 aliphatic heterocycles. The van der Waals surface area contributed by atoms with Gasteiger partial charge in [0.2, 0.25) is 5.95 Å². The summed E-state index contributed by atoms with van der Waals surface area (Å²) in [5.74, 6) is 0.506. The third kappa shape index (κ3) is 3.25. The Morgan fingerprint density at radius 3 is 2.89 bits per heavy atom. The number of nitrogen functional groups attached to an aromatic ring is 1. The second kappa shape index (κ2) is 5.46. The van der Waals surface area contributed by atoms with Crippen molar-refractivity contribution < 1.29 is 4.74 Å². The second-order valence-electron chi connectivity index (χ2n) is 5.46. The number of methoxy groups -OCH3 is 1. The van der Waals surface area contributed by atoms with E-state index < -0.39 is 0 Å². The average Bonchev–Trinajstić information content (AvgIpc) is 2.62.